The summed E-state index contributed by atoms with van der Waals surface area (Å²) < 4.78 is 12.4. The lowest BCUT2D eigenvalue weighted by Gasteiger charge is -2.22. The highest BCUT2D eigenvalue weighted by molar-refractivity contribution is 8.26. The fourth-order valence-corrected chi connectivity index (χ4v) is 5.17. The van der Waals surface area contributed by atoms with Gasteiger partial charge in [-0.1, -0.05) is 73.6 Å². The van der Waals surface area contributed by atoms with Gasteiger partial charge in [0.15, 0.2) is 0 Å². The molecule has 0 N–H and O–H groups in total. The number of carbonyl (C=O) groups excluding carboxylic acids is 1. The maximum Gasteiger partial charge on any atom is 0.265 e. The van der Waals surface area contributed by atoms with Gasteiger partial charge in [-0.2, -0.15) is 0 Å². The second-order valence-electron chi connectivity index (χ2n) is 7.88. The maximum atomic E-state index is 12.3. The first kappa shape index (κ1) is 21.9. The first-order valence-corrected chi connectivity index (χ1v) is 12.0. The molecule has 2 aliphatic rings. The minimum atomic E-state index is -0.0789. The monoisotopic (exact) mass is 453 g/mol. The summed E-state index contributed by atoms with van der Waals surface area (Å²) in [5.41, 5.74) is 2.28. The van der Waals surface area contributed by atoms with Crippen molar-refractivity contribution in [1.82, 2.24) is 4.90 Å². The van der Waals surface area contributed by atoms with E-state index in [0.717, 1.165) is 17.1 Å². The van der Waals surface area contributed by atoms with Crippen molar-refractivity contribution in [3.8, 4) is 11.5 Å². The normalized spacial score (nSPS) is 18.6. The van der Waals surface area contributed by atoms with Gasteiger partial charge in [0.05, 0.1) is 4.91 Å². The third kappa shape index (κ3) is 5.49. The smallest absolute Gasteiger partial charge is 0.265 e. The molecule has 1 amide bonds. The molecule has 2 fully saturated rings. The van der Waals surface area contributed by atoms with E-state index < -0.39 is 0 Å². The van der Waals surface area contributed by atoms with Crippen LogP contribution >= 0.6 is 24.0 Å². The maximum absolute atomic E-state index is 12.3. The lowest BCUT2D eigenvalue weighted by Crippen LogP contribution is -2.22. The molecule has 1 aliphatic carbocycles. The molecule has 4 nitrogen and oxygen atoms in total. The van der Waals surface area contributed by atoms with Crippen LogP contribution in [0.3, 0.4) is 0 Å². The summed E-state index contributed by atoms with van der Waals surface area (Å²) in [5, 5.41) is 0. The molecule has 162 valence electrons. The van der Waals surface area contributed by atoms with Crippen molar-refractivity contribution in [2.75, 3.05) is 20.3 Å². The lowest BCUT2D eigenvalue weighted by molar-refractivity contribution is -0.121. The molecule has 4 rings (SSSR count). The number of thiocarbonyl (C=S) groups is 1. The highest BCUT2D eigenvalue weighted by Gasteiger charge is 2.28. The molecule has 6 heteroatoms. The summed E-state index contributed by atoms with van der Waals surface area (Å²) in [6.45, 7) is 0.873. The molecule has 31 heavy (non-hydrogen) atoms. The molecule has 0 aromatic heterocycles. The fourth-order valence-electron chi connectivity index (χ4n) is 4.00. The summed E-state index contributed by atoms with van der Waals surface area (Å²) in [5.74, 6) is 2.21. The van der Waals surface area contributed by atoms with Crippen LogP contribution in [-0.2, 0) is 4.79 Å². The van der Waals surface area contributed by atoms with Gasteiger partial charge in [0.2, 0.25) is 0 Å². The zero-order chi connectivity index (χ0) is 21.6. The predicted molar refractivity (Wildman–Crippen MR) is 131 cm³/mol. The van der Waals surface area contributed by atoms with Crippen LogP contribution in [0.5, 0.6) is 11.5 Å². The molecule has 0 spiro atoms. The molecule has 0 atom stereocenters. The SMILES string of the molecule is CN1C(=O)/C(=C\c2ccccc2OCCOc2ccc(C3CCCCC3)cc2)SC1=S. The van der Waals surface area contributed by atoms with E-state index in [2.05, 4.69) is 24.3 Å². The van der Waals surface area contributed by atoms with Crippen molar-refractivity contribution >= 4 is 40.3 Å². The quantitative estimate of drug-likeness (QED) is 0.291. The number of thioether (sulfide) groups is 1. The third-order valence-corrected chi connectivity index (χ3v) is 7.24. The first-order valence-electron chi connectivity index (χ1n) is 10.8. The lowest BCUT2D eigenvalue weighted by atomic mass is 9.84. The Hall–Kier alpha value is -2.31. The van der Waals surface area contributed by atoms with Crippen LogP contribution in [0.2, 0.25) is 0 Å². The van der Waals surface area contributed by atoms with Gasteiger partial charge in [-0.15, -0.1) is 0 Å². The van der Waals surface area contributed by atoms with Gasteiger partial charge in [0, 0.05) is 12.6 Å². The number of nitrogens with zero attached hydrogens (tertiary/aromatic N) is 1. The molecule has 1 saturated heterocycles. The number of carbonyl (C=O) groups is 1. The second kappa shape index (κ2) is 10.3. The standard InChI is InChI=1S/C25H27NO3S2/c1-26-24(27)23(31-25(26)30)17-20-9-5-6-10-22(20)29-16-15-28-21-13-11-19(12-14-21)18-7-3-2-4-8-18/h5-6,9-14,17-18H,2-4,7-8,15-16H2,1H3/b23-17+. The van der Waals surface area contributed by atoms with Gasteiger partial charge in [0.1, 0.15) is 29.0 Å². The van der Waals surface area contributed by atoms with Gasteiger partial charge in [0.25, 0.3) is 5.91 Å². The Labute approximate surface area is 193 Å². The molecule has 2 aromatic rings. The third-order valence-electron chi connectivity index (χ3n) is 5.76. The average Bonchev–Trinajstić information content (AvgIpc) is 3.05. The molecular weight excluding hydrogens is 426 g/mol. The zero-order valence-corrected chi connectivity index (χ0v) is 19.3. The summed E-state index contributed by atoms with van der Waals surface area (Å²) in [4.78, 5) is 14.4. The van der Waals surface area contributed by atoms with Crippen LogP contribution < -0.4 is 9.47 Å². The number of hydrogen-bond donors (Lipinski definition) is 0. The molecule has 0 unspecified atom stereocenters. The highest BCUT2D eigenvalue weighted by atomic mass is 32.2. The number of likely N-dealkylation sites (N-methyl/N-ethyl adjacent to an activating group) is 1. The fraction of sp³-hybridized carbons (Fsp3) is 0.360. The van der Waals surface area contributed by atoms with E-state index >= 15 is 0 Å². The molecule has 2 aromatic carbocycles. The van der Waals surface area contributed by atoms with Gasteiger partial charge in [-0.3, -0.25) is 9.69 Å². The minimum absolute atomic E-state index is 0.0789. The molecular formula is C25H27NO3S2. The van der Waals surface area contributed by atoms with E-state index in [-0.39, 0.29) is 5.91 Å². The van der Waals surface area contributed by atoms with Gasteiger partial charge >= 0.3 is 0 Å². The van der Waals surface area contributed by atoms with E-state index in [1.165, 1.54) is 54.3 Å². The molecule has 1 saturated carbocycles. The van der Waals surface area contributed by atoms with E-state index in [1.807, 2.05) is 30.3 Å². The number of amides is 1. The van der Waals surface area contributed by atoms with Crippen LogP contribution in [0, 0.1) is 0 Å². The topological polar surface area (TPSA) is 38.8 Å². The Morgan fingerprint density at radius 2 is 1.74 bits per heavy atom. The van der Waals surface area contributed by atoms with Gasteiger partial charge < -0.3 is 9.47 Å². The van der Waals surface area contributed by atoms with E-state index in [0.29, 0.717) is 28.4 Å². The van der Waals surface area contributed by atoms with E-state index in [9.17, 15) is 4.79 Å². The number of para-hydroxylation sites is 1. The number of benzene rings is 2. The van der Waals surface area contributed by atoms with E-state index in [4.69, 9.17) is 21.7 Å². The first-order chi connectivity index (χ1) is 15.1. The van der Waals surface area contributed by atoms with Gasteiger partial charge in [-0.05, 0) is 48.6 Å². The van der Waals surface area contributed by atoms with Crippen LogP contribution in [-0.4, -0.2) is 35.4 Å². The minimum Gasteiger partial charge on any atom is -0.490 e. The Balaban J connectivity index is 1.30. The Morgan fingerprint density at radius 3 is 2.45 bits per heavy atom. The Morgan fingerprint density at radius 1 is 1.03 bits per heavy atom. The average molecular weight is 454 g/mol. The van der Waals surface area contributed by atoms with E-state index in [1.54, 1.807) is 7.05 Å². The summed E-state index contributed by atoms with van der Waals surface area (Å²) in [7, 11) is 1.69. The van der Waals surface area contributed by atoms with Crippen molar-refractivity contribution in [2.45, 2.75) is 38.0 Å². The number of rotatable bonds is 7. The van der Waals surface area contributed by atoms with Crippen molar-refractivity contribution in [1.29, 1.82) is 0 Å². The number of hydrogen-bond acceptors (Lipinski definition) is 5. The molecule has 1 heterocycles. The summed E-state index contributed by atoms with van der Waals surface area (Å²) in [6.07, 6.45) is 8.50. The molecule has 1 aliphatic heterocycles. The van der Waals surface area contributed by atoms with Crippen molar-refractivity contribution in [3.05, 3.63) is 64.6 Å². The second-order valence-corrected chi connectivity index (χ2v) is 9.56. The Kier molecular flexibility index (Phi) is 7.30. The largest absolute Gasteiger partial charge is 0.490 e. The highest BCUT2D eigenvalue weighted by Crippen LogP contribution is 2.34. The number of ether oxygens (including phenoxy) is 2. The predicted octanol–water partition coefficient (Wildman–Crippen LogP) is 6.02. The Bertz CT molecular complexity index is 965. The summed E-state index contributed by atoms with van der Waals surface area (Å²) in [6, 6.07) is 16.2. The zero-order valence-electron chi connectivity index (χ0n) is 17.7. The van der Waals surface area contributed by atoms with Crippen LogP contribution in [0.15, 0.2) is 53.4 Å². The molecule has 0 radical (unpaired) electrons. The van der Waals surface area contributed by atoms with Crippen molar-refractivity contribution < 1.29 is 14.3 Å². The molecule has 0 bridgehead atoms. The van der Waals surface area contributed by atoms with Crippen LogP contribution in [0.1, 0.15) is 49.1 Å². The summed E-state index contributed by atoms with van der Waals surface area (Å²) >= 11 is 6.51. The van der Waals surface area contributed by atoms with Crippen LogP contribution in [0.4, 0.5) is 0 Å². The van der Waals surface area contributed by atoms with Crippen molar-refractivity contribution in [2.24, 2.45) is 0 Å². The van der Waals surface area contributed by atoms with Crippen LogP contribution in [0.25, 0.3) is 6.08 Å². The van der Waals surface area contributed by atoms with Crippen molar-refractivity contribution in [3.63, 3.8) is 0 Å². The van der Waals surface area contributed by atoms with Gasteiger partial charge in [-0.25, -0.2) is 0 Å².